The Labute approximate surface area is 111 Å². The summed E-state index contributed by atoms with van der Waals surface area (Å²) in [5.74, 6) is -0.116. The van der Waals surface area contributed by atoms with Gasteiger partial charge in [-0.3, -0.25) is 9.59 Å². The van der Waals surface area contributed by atoms with E-state index >= 15 is 0 Å². The summed E-state index contributed by atoms with van der Waals surface area (Å²) in [6, 6.07) is 7.84. The van der Waals surface area contributed by atoms with E-state index in [1.54, 1.807) is 7.05 Å². The Morgan fingerprint density at radius 3 is 2.68 bits per heavy atom. The van der Waals surface area contributed by atoms with Crippen molar-refractivity contribution < 1.29 is 9.59 Å². The third-order valence-corrected chi connectivity index (χ3v) is 2.99. The Hall–Kier alpha value is -2.30. The van der Waals surface area contributed by atoms with E-state index in [1.165, 1.54) is 6.92 Å². The van der Waals surface area contributed by atoms with Gasteiger partial charge in [-0.05, 0) is 11.6 Å². The molecule has 0 radical (unpaired) electrons. The number of nitrogens with zero attached hydrogens (tertiary/aromatic N) is 1. The smallest absolute Gasteiger partial charge is 0.239 e. The lowest BCUT2D eigenvalue weighted by Gasteiger charge is -2.03. The van der Waals surface area contributed by atoms with Crippen molar-refractivity contribution in [1.82, 2.24) is 15.2 Å². The van der Waals surface area contributed by atoms with Gasteiger partial charge in [0.1, 0.15) is 6.54 Å². The largest absolute Gasteiger partial charge is 0.358 e. The molecule has 1 heterocycles. The minimum Gasteiger partial charge on any atom is -0.358 e. The second kappa shape index (κ2) is 5.56. The van der Waals surface area contributed by atoms with Crippen LogP contribution in [0.15, 0.2) is 30.5 Å². The Morgan fingerprint density at radius 2 is 2.00 bits per heavy atom. The fourth-order valence-electron chi connectivity index (χ4n) is 2.05. The summed E-state index contributed by atoms with van der Waals surface area (Å²) >= 11 is 0. The number of carbonyl (C=O) groups is 2. The zero-order valence-corrected chi connectivity index (χ0v) is 11.1. The standard InChI is InChI=1S/C14H17N3O2/c1-10(18)16-7-11-8-17(9-14(19)15-2)13-6-4-3-5-12(11)13/h3-6,8H,7,9H2,1-2H3,(H,15,19)(H,16,18). The van der Waals surface area contributed by atoms with Crippen LogP contribution in [0.5, 0.6) is 0 Å². The summed E-state index contributed by atoms with van der Waals surface area (Å²) in [5, 5.41) is 6.45. The molecule has 0 aliphatic rings. The number of rotatable bonds is 4. The lowest BCUT2D eigenvalue weighted by atomic mass is 10.2. The van der Waals surface area contributed by atoms with E-state index < -0.39 is 0 Å². The molecule has 19 heavy (non-hydrogen) atoms. The van der Waals surface area contributed by atoms with E-state index in [1.807, 2.05) is 35.0 Å². The average Bonchev–Trinajstić information content (AvgIpc) is 2.75. The molecule has 5 nitrogen and oxygen atoms in total. The van der Waals surface area contributed by atoms with Crippen LogP contribution in [0.2, 0.25) is 0 Å². The highest BCUT2D eigenvalue weighted by atomic mass is 16.2. The molecule has 2 aromatic rings. The van der Waals surface area contributed by atoms with Crippen molar-refractivity contribution in [3.8, 4) is 0 Å². The van der Waals surface area contributed by atoms with Crippen LogP contribution in [0.3, 0.4) is 0 Å². The fourth-order valence-corrected chi connectivity index (χ4v) is 2.05. The molecule has 0 aliphatic heterocycles. The van der Waals surface area contributed by atoms with E-state index in [2.05, 4.69) is 10.6 Å². The molecule has 0 atom stereocenters. The molecule has 1 aromatic heterocycles. The summed E-state index contributed by atoms with van der Waals surface area (Å²) in [4.78, 5) is 22.5. The minimum absolute atomic E-state index is 0.0492. The molecule has 100 valence electrons. The number of nitrogens with one attached hydrogen (secondary N) is 2. The highest BCUT2D eigenvalue weighted by Gasteiger charge is 2.10. The monoisotopic (exact) mass is 259 g/mol. The predicted molar refractivity (Wildman–Crippen MR) is 73.5 cm³/mol. The molecule has 0 unspecified atom stereocenters. The van der Waals surface area contributed by atoms with Crippen LogP contribution in [0.25, 0.3) is 10.9 Å². The maximum atomic E-state index is 11.5. The number of likely N-dealkylation sites (N-methyl/N-ethyl adjacent to an activating group) is 1. The van der Waals surface area contributed by atoms with E-state index in [0.29, 0.717) is 6.54 Å². The van der Waals surface area contributed by atoms with Gasteiger partial charge < -0.3 is 15.2 Å². The maximum Gasteiger partial charge on any atom is 0.239 e. The van der Waals surface area contributed by atoms with Crippen LogP contribution in [-0.4, -0.2) is 23.4 Å². The zero-order valence-electron chi connectivity index (χ0n) is 11.1. The van der Waals surface area contributed by atoms with Crippen molar-refractivity contribution in [1.29, 1.82) is 0 Å². The first-order chi connectivity index (χ1) is 9.11. The molecule has 2 amide bonds. The van der Waals surface area contributed by atoms with Crippen LogP contribution < -0.4 is 10.6 Å². The van der Waals surface area contributed by atoms with Gasteiger partial charge in [-0.2, -0.15) is 0 Å². The van der Waals surface area contributed by atoms with E-state index in [0.717, 1.165) is 16.5 Å². The average molecular weight is 259 g/mol. The lowest BCUT2D eigenvalue weighted by molar-refractivity contribution is -0.121. The van der Waals surface area contributed by atoms with Gasteiger partial charge in [0.2, 0.25) is 11.8 Å². The molecule has 2 rings (SSSR count). The minimum atomic E-state index is -0.0665. The lowest BCUT2D eigenvalue weighted by Crippen LogP contribution is -2.23. The summed E-state index contributed by atoms with van der Waals surface area (Å²) in [6.45, 7) is 2.23. The van der Waals surface area contributed by atoms with Gasteiger partial charge in [-0.1, -0.05) is 18.2 Å². The van der Waals surface area contributed by atoms with E-state index in [9.17, 15) is 9.59 Å². The highest BCUT2D eigenvalue weighted by molar-refractivity contribution is 5.86. The second-order valence-corrected chi connectivity index (χ2v) is 4.38. The summed E-state index contributed by atoms with van der Waals surface area (Å²) in [7, 11) is 1.62. The quantitative estimate of drug-likeness (QED) is 0.861. The predicted octanol–water partition coefficient (Wildman–Crippen LogP) is 1.02. The van der Waals surface area contributed by atoms with Crippen LogP contribution in [0, 0.1) is 0 Å². The number of para-hydroxylation sites is 1. The van der Waals surface area contributed by atoms with Crippen LogP contribution >= 0.6 is 0 Å². The van der Waals surface area contributed by atoms with Crippen LogP contribution in [0.4, 0.5) is 0 Å². The van der Waals surface area contributed by atoms with E-state index in [4.69, 9.17) is 0 Å². The molecule has 0 aliphatic carbocycles. The summed E-state index contributed by atoms with van der Waals surface area (Å²) in [5.41, 5.74) is 2.00. The molecule has 5 heteroatoms. The molecule has 0 saturated heterocycles. The third-order valence-electron chi connectivity index (χ3n) is 2.99. The third kappa shape index (κ3) is 2.93. The first-order valence-electron chi connectivity index (χ1n) is 6.13. The maximum absolute atomic E-state index is 11.5. The Balaban J connectivity index is 2.36. The number of fused-ring (bicyclic) bond motifs is 1. The molecule has 0 spiro atoms. The van der Waals surface area contributed by atoms with Crippen molar-refractivity contribution in [2.24, 2.45) is 0 Å². The van der Waals surface area contributed by atoms with Crippen LogP contribution in [-0.2, 0) is 22.7 Å². The van der Waals surface area contributed by atoms with Gasteiger partial charge in [0.05, 0.1) is 0 Å². The highest BCUT2D eigenvalue weighted by Crippen LogP contribution is 2.21. The second-order valence-electron chi connectivity index (χ2n) is 4.38. The van der Waals surface area contributed by atoms with Gasteiger partial charge in [-0.15, -0.1) is 0 Å². The topological polar surface area (TPSA) is 63.1 Å². The van der Waals surface area contributed by atoms with Gasteiger partial charge in [0.25, 0.3) is 0 Å². The van der Waals surface area contributed by atoms with Crippen molar-refractivity contribution in [2.75, 3.05) is 7.05 Å². The van der Waals surface area contributed by atoms with Crippen molar-refractivity contribution >= 4 is 22.7 Å². The molecule has 2 N–H and O–H groups in total. The fraction of sp³-hybridized carbons (Fsp3) is 0.286. The number of hydrogen-bond acceptors (Lipinski definition) is 2. The number of hydrogen-bond donors (Lipinski definition) is 2. The number of amides is 2. The van der Waals surface area contributed by atoms with Crippen molar-refractivity contribution in [2.45, 2.75) is 20.0 Å². The van der Waals surface area contributed by atoms with Gasteiger partial charge >= 0.3 is 0 Å². The van der Waals surface area contributed by atoms with Crippen molar-refractivity contribution in [3.63, 3.8) is 0 Å². The normalized spacial score (nSPS) is 10.4. The zero-order chi connectivity index (χ0) is 13.8. The van der Waals surface area contributed by atoms with E-state index in [-0.39, 0.29) is 18.4 Å². The number of benzene rings is 1. The molecule has 0 bridgehead atoms. The first-order valence-corrected chi connectivity index (χ1v) is 6.13. The Morgan fingerprint density at radius 1 is 1.26 bits per heavy atom. The Kier molecular flexibility index (Phi) is 3.85. The van der Waals surface area contributed by atoms with Gasteiger partial charge in [0, 0.05) is 37.6 Å². The van der Waals surface area contributed by atoms with Gasteiger partial charge in [-0.25, -0.2) is 0 Å². The number of aromatic nitrogens is 1. The summed E-state index contributed by atoms with van der Waals surface area (Å²) < 4.78 is 1.89. The molecule has 0 fully saturated rings. The number of carbonyl (C=O) groups excluding carboxylic acids is 2. The molecular weight excluding hydrogens is 242 g/mol. The first kappa shape index (κ1) is 13.1. The SMILES string of the molecule is CNC(=O)Cn1cc(CNC(C)=O)c2ccccc21. The van der Waals surface area contributed by atoms with Gasteiger partial charge in [0.15, 0.2) is 0 Å². The van der Waals surface area contributed by atoms with Crippen LogP contribution in [0.1, 0.15) is 12.5 Å². The molecule has 0 saturated carbocycles. The molecular formula is C14H17N3O2. The Bertz CT molecular complexity index is 616. The van der Waals surface area contributed by atoms with Crippen molar-refractivity contribution in [3.05, 3.63) is 36.0 Å². The summed E-state index contributed by atoms with van der Waals surface area (Å²) in [6.07, 6.45) is 1.91. The molecule has 1 aromatic carbocycles.